The van der Waals surface area contributed by atoms with E-state index in [1.54, 1.807) is 29.8 Å². The summed E-state index contributed by atoms with van der Waals surface area (Å²) in [7, 11) is 0. The van der Waals surface area contributed by atoms with Crippen LogP contribution in [0.1, 0.15) is 24.1 Å². The second-order valence-electron chi connectivity index (χ2n) is 6.61. The Hall–Kier alpha value is -2.83. The van der Waals surface area contributed by atoms with Crippen LogP contribution in [0.2, 0.25) is 10.0 Å². The molecule has 0 saturated carbocycles. The van der Waals surface area contributed by atoms with Crippen LogP contribution in [-0.2, 0) is 4.79 Å². The highest BCUT2D eigenvalue weighted by Crippen LogP contribution is 2.39. The van der Waals surface area contributed by atoms with Gasteiger partial charge in [-0.1, -0.05) is 53.5 Å². The van der Waals surface area contributed by atoms with E-state index < -0.39 is 11.9 Å². The molecule has 0 radical (unpaired) electrons. The summed E-state index contributed by atoms with van der Waals surface area (Å²) < 4.78 is 1.64. The summed E-state index contributed by atoms with van der Waals surface area (Å²) in [5.74, 6) is 0.505. The third-order valence-electron chi connectivity index (χ3n) is 4.76. The molecule has 6 nitrogen and oxygen atoms in total. The van der Waals surface area contributed by atoms with Crippen LogP contribution in [0.25, 0.3) is 11.4 Å². The van der Waals surface area contributed by atoms with E-state index in [0.717, 1.165) is 11.1 Å². The van der Waals surface area contributed by atoms with Crippen molar-refractivity contribution in [3.05, 3.63) is 74.9 Å². The van der Waals surface area contributed by atoms with E-state index in [2.05, 4.69) is 15.4 Å². The predicted molar refractivity (Wildman–Crippen MR) is 110 cm³/mol. The average Bonchev–Trinajstić information content (AvgIpc) is 3.04. The third-order valence-corrected chi connectivity index (χ3v) is 5.32. The summed E-state index contributed by atoms with van der Waals surface area (Å²) in [4.78, 5) is 16.9. The van der Waals surface area contributed by atoms with Crippen LogP contribution in [0.3, 0.4) is 0 Å². The number of nitrogens with two attached hydrogens (primary N) is 1. The Balaban J connectivity index is 1.93. The number of fused-ring (bicyclic) bond motifs is 1. The van der Waals surface area contributed by atoms with Crippen molar-refractivity contribution in [2.24, 2.45) is 5.73 Å². The minimum Gasteiger partial charge on any atom is -0.366 e. The number of hydrogen-bond acceptors (Lipinski definition) is 4. The Morgan fingerprint density at radius 3 is 2.61 bits per heavy atom. The number of carbonyl (C=O) groups excluding carboxylic acids is 1. The standard InChI is InChI=1S/C20H17Cl2N5O/c1-10-5-3-4-6-13(10)19-25-20-24-11(2)16(18(23)28)17(27(20)26-19)14-8-7-12(21)9-15(14)22/h3-9,17H,1-2H3,(H2,23,28)(H,24,25,26). The lowest BCUT2D eigenvalue weighted by molar-refractivity contribution is -0.115. The van der Waals surface area contributed by atoms with Gasteiger partial charge in [-0.25, -0.2) is 4.68 Å². The minimum atomic E-state index is -0.608. The predicted octanol–water partition coefficient (Wildman–Crippen LogP) is 4.33. The zero-order valence-electron chi connectivity index (χ0n) is 15.2. The fourth-order valence-electron chi connectivity index (χ4n) is 3.42. The molecule has 3 N–H and O–H groups in total. The smallest absolute Gasteiger partial charge is 0.248 e. The van der Waals surface area contributed by atoms with Gasteiger partial charge in [0.05, 0.1) is 5.57 Å². The average molecular weight is 414 g/mol. The maximum absolute atomic E-state index is 12.3. The van der Waals surface area contributed by atoms with Crippen LogP contribution in [0.15, 0.2) is 53.7 Å². The van der Waals surface area contributed by atoms with Gasteiger partial charge in [-0.15, -0.1) is 5.10 Å². The topological polar surface area (TPSA) is 85.8 Å². The van der Waals surface area contributed by atoms with Gasteiger partial charge in [0.25, 0.3) is 0 Å². The van der Waals surface area contributed by atoms with Gasteiger partial charge >= 0.3 is 0 Å². The Labute approximate surface area is 172 Å². The molecule has 0 spiro atoms. The molecule has 0 fully saturated rings. The molecule has 4 rings (SSSR count). The quantitative estimate of drug-likeness (QED) is 0.668. The molecular formula is C20H17Cl2N5O. The molecule has 8 heteroatoms. The van der Waals surface area contributed by atoms with Crippen molar-refractivity contribution in [2.75, 3.05) is 5.32 Å². The number of primary amides is 1. The van der Waals surface area contributed by atoms with Crippen molar-refractivity contribution in [1.29, 1.82) is 0 Å². The van der Waals surface area contributed by atoms with Gasteiger partial charge in [0.15, 0.2) is 5.82 Å². The molecule has 1 amide bonds. The summed E-state index contributed by atoms with van der Waals surface area (Å²) in [6.07, 6.45) is 0. The first-order chi connectivity index (χ1) is 13.4. The maximum atomic E-state index is 12.3. The number of carbonyl (C=O) groups is 1. The molecule has 0 aliphatic carbocycles. The highest BCUT2D eigenvalue weighted by Gasteiger charge is 2.34. The molecule has 2 aromatic carbocycles. The van der Waals surface area contributed by atoms with Gasteiger partial charge in [0.1, 0.15) is 6.04 Å². The van der Waals surface area contributed by atoms with Crippen LogP contribution in [0.5, 0.6) is 0 Å². The van der Waals surface area contributed by atoms with E-state index in [0.29, 0.717) is 38.7 Å². The molecule has 2 heterocycles. The van der Waals surface area contributed by atoms with E-state index in [1.165, 1.54) is 0 Å². The van der Waals surface area contributed by atoms with E-state index in [9.17, 15) is 4.79 Å². The fourth-order valence-corrected chi connectivity index (χ4v) is 3.93. The molecular weight excluding hydrogens is 397 g/mol. The van der Waals surface area contributed by atoms with Crippen LogP contribution < -0.4 is 11.1 Å². The number of anilines is 1. The number of benzene rings is 2. The summed E-state index contributed by atoms with van der Waals surface area (Å²) in [6.45, 7) is 3.77. The monoisotopic (exact) mass is 413 g/mol. The number of allylic oxidation sites excluding steroid dienone is 1. The summed E-state index contributed by atoms with van der Waals surface area (Å²) >= 11 is 12.5. The number of aryl methyl sites for hydroxylation is 1. The first kappa shape index (κ1) is 18.5. The van der Waals surface area contributed by atoms with Crippen molar-refractivity contribution < 1.29 is 4.79 Å². The lowest BCUT2D eigenvalue weighted by Crippen LogP contribution is -2.32. The van der Waals surface area contributed by atoms with E-state index >= 15 is 0 Å². The number of aromatic nitrogens is 3. The maximum Gasteiger partial charge on any atom is 0.248 e. The molecule has 0 saturated heterocycles. The first-order valence-corrected chi connectivity index (χ1v) is 9.37. The first-order valence-electron chi connectivity index (χ1n) is 8.62. The van der Waals surface area contributed by atoms with Crippen molar-refractivity contribution >= 4 is 35.1 Å². The summed E-state index contributed by atoms with van der Waals surface area (Å²) in [5, 5.41) is 8.73. The SMILES string of the molecule is CC1=C(C(N)=O)C(c2ccc(Cl)cc2Cl)n2nc(-c3ccccc3C)nc2N1. The van der Waals surface area contributed by atoms with E-state index in [-0.39, 0.29) is 0 Å². The molecule has 142 valence electrons. The number of nitrogens with zero attached hydrogens (tertiary/aromatic N) is 3. The number of hydrogen-bond donors (Lipinski definition) is 2. The highest BCUT2D eigenvalue weighted by molar-refractivity contribution is 6.35. The molecule has 1 aromatic heterocycles. The molecule has 28 heavy (non-hydrogen) atoms. The number of amides is 1. The van der Waals surface area contributed by atoms with E-state index in [4.69, 9.17) is 28.9 Å². The van der Waals surface area contributed by atoms with Gasteiger partial charge < -0.3 is 11.1 Å². The number of rotatable bonds is 3. The van der Waals surface area contributed by atoms with Crippen molar-refractivity contribution in [1.82, 2.24) is 14.8 Å². The van der Waals surface area contributed by atoms with Crippen LogP contribution in [0.4, 0.5) is 5.95 Å². The Morgan fingerprint density at radius 2 is 1.93 bits per heavy atom. The molecule has 1 unspecified atom stereocenters. The molecule has 0 bridgehead atoms. The van der Waals surface area contributed by atoms with Crippen molar-refractivity contribution in [3.63, 3.8) is 0 Å². The Bertz CT molecular complexity index is 1140. The molecule has 3 aromatic rings. The zero-order chi connectivity index (χ0) is 20.0. The van der Waals surface area contributed by atoms with Crippen LogP contribution in [0, 0.1) is 6.92 Å². The lowest BCUT2D eigenvalue weighted by atomic mass is 9.95. The Morgan fingerprint density at radius 1 is 1.18 bits per heavy atom. The summed E-state index contributed by atoms with van der Waals surface area (Å²) in [5.41, 5.74) is 9.31. The number of halogens is 2. The lowest BCUT2D eigenvalue weighted by Gasteiger charge is -2.28. The second kappa shape index (κ2) is 6.96. The minimum absolute atomic E-state index is 0.373. The van der Waals surface area contributed by atoms with E-state index in [1.807, 2.05) is 31.2 Å². The number of nitrogens with one attached hydrogen (secondary N) is 1. The highest BCUT2D eigenvalue weighted by atomic mass is 35.5. The van der Waals surface area contributed by atoms with Gasteiger partial charge in [-0.3, -0.25) is 4.79 Å². The fraction of sp³-hybridized carbons (Fsp3) is 0.150. The largest absolute Gasteiger partial charge is 0.366 e. The Kier molecular flexibility index (Phi) is 4.61. The van der Waals surface area contributed by atoms with Crippen LogP contribution >= 0.6 is 23.2 Å². The molecule has 1 atom stereocenters. The van der Waals surface area contributed by atoms with Gasteiger partial charge in [-0.05, 0) is 31.5 Å². The second-order valence-corrected chi connectivity index (χ2v) is 7.46. The molecule has 1 aliphatic rings. The zero-order valence-corrected chi connectivity index (χ0v) is 16.7. The third kappa shape index (κ3) is 3.04. The molecule has 1 aliphatic heterocycles. The van der Waals surface area contributed by atoms with Crippen molar-refractivity contribution in [3.8, 4) is 11.4 Å². The normalized spacial score (nSPS) is 15.9. The van der Waals surface area contributed by atoms with Gasteiger partial charge in [0.2, 0.25) is 11.9 Å². The van der Waals surface area contributed by atoms with Gasteiger partial charge in [0, 0.05) is 26.9 Å². The van der Waals surface area contributed by atoms with Crippen LogP contribution in [-0.4, -0.2) is 20.7 Å². The van der Waals surface area contributed by atoms with Crippen molar-refractivity contribution in [2.45, 2.75) is 19.9 Å². The van der Waals surface area contributed by atoms with Gasteiger partial charge in [-0.2, -0.15) is 4.98 Å². The summed E-state index contributed by atoms with van der Waals surface area (Å²) in [6, 6.07) is 12.4.